The van der Waals surface area contributed by atoms with Crippen molar-refractivity contribution in [2.45, 2.75) is 13.8 Å². The Bertz CT molecular complexity index is 560. The fraction of sp³-hybridized carbons (Fsp3) is 0.400. The molecule has 0 aliphatic rings. The first kappa shape index (κ1) is 13.0. The first-order chi connectivity index (χ1) is 8.67. The van der Waals surface area contributed by atoms with Crippen molar-refractivity contribution in [3.05, 3.63) is 18.2 Å². The van der Waals surface area contributed by atoms with Crippen molar-refractivity contribution in [1.82, 2.24) is 10.3 Å². The van der Waals surface area contributed by atoms with E-state index in [1.807, 2.05) is 0 Å². The van der Waals surface area contributed by atoms with Gasteiger partial charge >= 0.3 is 7.82 Å². The zero-order chi connectivity index (χ0) is 13.0. The van der Waals surface area contributed by atoms with E-state index in [2.05, 4.69) is 14.9 Å². The second-order valence-corrected chi connectivity index (χ2v) is 4.88. The van der Waals surface area contributed by atoms with Crippen molar-refractivity contribution in [2.75, 3.05) is 13.2 Å². The summed E-state index contributed by atoms with van der Waals surface area (Å²) in [5, 5.41) is 7.32. The van der Waals surface area contributed by atoms with E-state index in [1.54, 1.807) is 32.0 Å². The molecule has 0 atom stereocenters. The second-order valence-electron chi connectivity index (χ2n) is 3.29. The zero-order valence-electron chi connectivity index (χ0n) is 10.0. The Morgan fingerprint density at radius 2 is 1.83 bits per heavy atom. The van der Waals surface area contributed by atoms with Crippen molar-refractivity contribution in [3.8, 4) is 5.75 Å². The second kappa shape index (κ2) is 5.48. The van der Waals surface area contributed by atoms with E-state index in [0.717, 1.165) is 0 Å². The van der Waals surface area contributed by atoms with Crippen LogP contribution in [0.15, 0.2) is 22.8 Å². The molecule has 0 unspecified atom stereocenters. The fourth-order valence-electron chi connectivity index (χ4n) is 1.35. The summed E-state index contributed by atoms with van der Waals surface area (Å²) < 4.78 is 32.0. The Labute approximate surface area is 104 Å². The number of phosphoric ester groups is 1. The molecule has 0 bridgehead atoms. The molecule has 1 aromatic heterocycles. The Kier molecular flexibility index (Phi) is 3.96. The van der Waals surface area contributed by atoms with Crippen LogP contribution < -0.4 is 4.52 Å². The molecule has 0 spiro atoms. The van der Waals surface area contributed by atoms with Gasteiger partial charge in [-0.15, -0.1) is 0 Å². The molecule has 1 heterocycles. The first-order valence-corrected chi connectivity index (χ1v) is 6.94. The van der Waals surface area contributed by atoms with Gasteiger partial charge in [-0.25, -0.2) is 9.19 Å². The van der Waals surface area contributed by atoms with Gasteiger partial charge in [0.1, 0.15) is 16.8 Å². The average molecular weight is 272 g/mol. The maximum atomic E-state index is 12.1. The van der Waals surface area contributed by atoms with Gasteiger partial charge in [-0.05, 0) is 36.3 Å². The molecule has 0 amide bonds. The van der Waals surface area contributed by atoms with E-state index < -0.39 is 7.82 Å². The van der Waals surface area contributed by atoms with Crippen LogP contribution in [-0.2, 0) is 13.6 Å². The normalized spacial score (nSPS) is 11.9. The smallest absolute Gasteiger partial charge is 0.404 e. The summed E-state index contributed by atoms with van der Waals surface area (Å²) >= 11 is 0. The van der Waals surface area contributed by atoms with Gasteiger partial charge in [-0.3, -0.25) is 9.05 Å². The van der Waals surface area contributed by atoms with Crippen molar-refractivity contribution >= 4 is 18.9 Å². The van der Waals surface area contributed by atoms with Gasteiger partial charge < -0.3 is 4.52 Å². The highest BCUT2D eigenvalue weighted by atomic mass is 31.2. The topological polar surface area (TPSA) is 83.7 Å². The lowest BCUT2D eigenvalue weighted by molar-refractivity contribution is 0.167. The van der Waals surface area contributed by atoms with Crippen molar-refractivity contribution in [1.29, 1.82) is 0 Å². The van der Waals surface area contributed by atoms with Crippen LogP contribution in [0.2, 0.25) is 0 Å². The monoisotopic (exact) mass is 272 g/mol. The molecular weight excluding hydrogens is 259 g/mol. The van der Waals surface area contributed by atoms with Gasteiger partial charge in [0, 0.05) is 6.07 Å². The Hall–Kier alpha value is -1.43. The highest BCUT2D eigenvalue weighted by molar-refractivity contribution is 7.48. The van der Waals surface area contributed by atoms with Gasteiger partial charge in [0.05, 0.1) is 13.2 Å². The molecule has 0 N–H and O–H groups in total. The number of fused-ring (bicyclic) bond motifs is 1. The molecule has 0 aliphatic carbocycles. The molecule has 0 fully saturated rings. The minimum absolute atomic E-state index is 0.227. The summed E-state index contributed by atoms with van der Waals surface area (Å²) in [5.41, 5.74) is 1.09. The molecule has 0 saturated carbocycles. The van der Waals surface area contributed by atoms with Gasteiger partial charge in [-0.2, -0.15) is 0 Å². The molecule has 7 nitrogen and oxygen atoms in total. The molecule has 98 valence electrons. The Balaban J connectivity index is 2.22. The third kappa shape index (κ3) is 2.87. The van der Waals surface area contributed by atoms with Crippen LogP contribution in [0.5, 0.6) is 5.75 Å². The highest BCUT2D eigenvalue weighted by Crippen LogP contribution is 2.49. The SMILES string of the molecule is CCOP(=O)(OCC)Oc1ccc2nonc2c1. The van der Waals surface area contributed by atoms with Crippen LogP contribution in [0.3, 0.4) is 0 Å². The molecule has 1 aromatic carbocycles. The van der Waals surface area contributed by atoms with Crippen LogP contribution in [-0.4, -0.2) is 23.5 Å². The third-order valence-electron chi connectivity index (χ3n) is 2.02. The summed E-state index contributed by atoms with van der Waals surface area (Å²) in [7, 11) is -3.58. The van der Waals surface area contributed by atoms with Crippen LogP contribution in [0.4, 0.5) is 0 Å². The van der Waals surface area contributed by atoms with Crippen LogP contribution >= 0.6 is 7.82 Å². The van der Waals surface area contributed by atoms with E-state index in [0.29, 0.717) is 16.8 Å². The number of hydrogen-bond acceptors (Lipinski definition) is 7. The van der Waals surface area contributed by atoms with Crippen LogP contribution in [0.25, 0.3) is 11.0 Å². The minimum atomic E-state index is -3.58. The van der Waals surface area contributed by atoms with Crippen LogP contribution in [0, 0.1) is 0 Å². The fourth-order valence-corrected chi connectivity index (χ4v) is 2.54. The van der Waals surface area contributed by atoms with E-state index in [9.17, 15) is 4.57 Å². The molecule has 2 rings (SSSR count). The minimum Gasteiger partial charge on any atom is -0.404 e. The molecule has 8 heteroatoms. The molecule has 2 aromatic rings. The maximum Gasteiger partial charge on any atom is 0.530 e. The van der Waals surface area contributed by atoms with Gasteiger partial charge in [-0.1, -0.05) is 0 Å². The predicted molar refractivity (Wildman–Crippen MR) is 63.3 cm³/mol. The maximum absolute atomic E-state index is 12.1. The predicted octanol–water partition coefficient (Wildman–Crippen LogP) is 2.78. The number of hydrogen-bond donors (Lipinski definition) is 0. The van der Waals surface area contributed by atoms with Crippen molar-refractivity contribution in [2.24, 2.45) is 0 Å². The summed E-state index contributed by atoms with van der Waals surface area (Å²) in [6.45, 7) is 3.87. The zero-order valence-corrected chi connectivity index (χ0v) is 10.9. The molecule has 0 saturated heterocycles. The molecular formula is C10H13N2O5P. The lowest BCUT2D eigenvalue weighted by Gasteiger charge is -2.16. The quantitative estimate of drug-likeness (QED) is 0.747. The van der Waals surface area contributed by atoms with E-state index >= 15 is 0 Å². The van der Waals surface area contributed by atoms with Crippen molar-refractivity contribution < 1.29 is 22.8 Å². The van der Waals surface area contributed by atoms with E-state index in [1.165, 1.54) is 0 Å². The number of rotatable bonds is 6. The Morgan fingerprint density at radius 1 is 1.17 bits per heavy atom. The first-order valence-electron chi connectivity index (χ1n) is 5.48. The largest absolute Gasteiger partial charge is 0.530 e. The molecule has 0 aliphatic heterocycles. The summed E-state index contributed by atoms with van der Waals surface area (Å²) in [6.07, 6.45) is 0. The van der Waals surface area contributed by atoms with E-state index in [-0.39, 0.29) is 13.2 Å². The standard InChI is InChI=1S/C10H13N2O5P/c1-3-14-18(13,15-4-2)16-8-5-6-9-10(7-8)12-17-11-9/h5-7H,3-4H2,1-2H3. The summed E-state index contributed by atoms with van der Waals surface area (Å²) in [6, 6.07) is 4.79. The van der Waals surface area contributed by atoms with E-state index in [4.69, 9.17) is 13.6 Å². The van der Waals surface area contributed by atoms with Crippen LogP contribution in [0.1, 0.15) is 13.8 Å². The average Bonchev–Trinajstić information content (AvgIpc) is 2.76. The lowest BCUT2D eigenvalue weighted by atomic mass is 10.3. The van der Waals surface area contributed by atoms with Gasteiger partial charge in [0.2, 0.25) is 0 Å². The summed E-state index contributed by atoms with van der Waals surface area (Å²) in [4.78, 5) is 0. The molecule has 18 heavy (non-hydrogen) atoms. The lowest BCUT2D eigenvalue weighted by Crippen LogP contribution is -2.02. The van der Waals surface area contributed by atoms with Gasteiger partial charge in [0.15, 0.2) is 0 Å². The molecule has 0 radical (unpaired) electrons. The number of phosphoric acid groups is 1. The van der Waals surface area contributed by atoms with Gasteiger partial charge in [0.25, 0.3) is 0 Å². The number of nitrogens with zero attached hydrogens (tertiary/aromatic N) is 2. The van der Waals surface area contributed by atoms with Crippen molar-refractivity contribution in [3.63, 3.8) is 0 Å². The number of benzene rings is 1. The number of aromatic nitrogens is 2. The third-order valence-corrected chi connectivity index (χ3v) is 3.60. The summed E-state index contributed by atoms with van der Waals surface area (Å²) in [5.74, 6) is 0.323. The highest BCUT2D eigenvalue weighted by Gasteiger charge is 2.27. The Morgan fingerprint density at radius 3 is 2.50 bits per heavy atom.